The lowest BCUT2D eigenvalue weighted by atomic mass is 10.1. The Morgan fingerprint density at radius 1 is 1.12 bits per heavy atom. The van der Waals surface area contributed by atoms with E-state index in [2.05, 4.69) is 10.6 Å². The van der Waals surface area contributed by atoms with Crippen molar-refractivity contribution >= 4 is 35.1 Å². The second-order valence-corrected chi connectivity index (χ2v) is 7.11. The van der Waals surface area contributed by atoms with Crippen LogP contribution in [0.1, 0.15) is 19.3 Å². The van der Waals surface area contributed by atoms with Crippen LogP contribution in [0.15, 0.2) is 24.3 Å². The summed E-state index contributed by atoms with van der Waals surface area (Å²) in [4.78, 5) is 40.7. The van der Waals surface area contributed by atoms with Gasteiger partial charge >= 0.3 is 6.03 Å². The Kier molecular flexibility index (Phi) is 4.03. The maximum Gasteiger partial charge on any atom is 0.319 e. The number of carbonyl (C=O) groups excluding carboxylic acids is 3. The van der Waals surface area contributed by atoms with E-state index in [-0.39, 0.29) is 23.9 Å². The first-order chi connectivity index (χ1) is 12.0. The second kappa shape index (κ2) is 6.22. The Hall–Kier alpha value is -2.28. The maximum atomic E-state index is 12.6. The van der Waals surface area contributed by atoms with Gasteiger partial charge in [-0.05, 0) is 31.4 Å². The summed E-state index contributed by atoms with van der Waals surface area (Å²) in [6.45, 7) is 1.03. The Balaban J connectivity index is 1.41. The Bertz CT molecular complexity index is 710. The SMILES string of the molecule is O=C(Nc1ccccc1Cl)N[C@H]1C[C@H]2C(=O)N3CCC[C@H]3C(=O)N2C1. The molecule has 4 rings (SSSR count). The van der Waals surface area contributed by atoms with E-state index in [9.17, 15) is 14.4 Å². The molecule has 8 heteroatoms. The first-order valence-electron chi connectivity index (χ1n) is 8.47. The number of nitrogens with zero attached hydrogens (tertiary/aromatic N) is 2. The number of hydrogen-bond acceptors (Lipinski definition) is 3. The summed E-state index contributed by atoms with van der Waals surface area (Å²) >= 11 is 6.03. The number of urea groups is 1. The number of para-hydroxylation sites is 1. The first kappa shape index (κ1) is 16.2. The quantitative estimate of drug-likeness (QED) is 0.835. The number of halogens is 1. The van der Waals surface area contributed by atoms with Gasteiger partial charge in [-0.2, -0.15) is 0 Å². The van der Waals surface area contributed by atoms with Crippen LogP contribution in [0.3, 0.4) is 0 Å². The summed E-state index contributed by atoms with van der Waals surface area (Å²) in [5, 5.41) is 6.00. The molecule has 0 saturated carbocycles. The largest absolute Gasteiger partial charge is 0.333 e. The Labute approximate surface area is 150 Å². The predicted molar refractivity (Wildman–Crippen MR) is 92.2 cm³/mol. The molecule has 25 heavy (non-hydrogen) atoms. The molecule has 4 amide bonds. The fourth-order valence-electron chi connectivity index (χ4n) is 3.99. The minimum atomic E-state index is -0.451. The van der Waals surface area contributed by atoms with E-state index in [4.69, 9.17) is 11.6 Å². The lowest BCUT2D eigenvalue weighted by Gasteiger charge is -2.38. The van der Waals surface area contributed by atoms with Crippen LogP contribution in [-0.4, -0.2) is 58.9 Å². The molecule has 0 aliphatic carbocycles. The van der Waals surface area contributed by atoms with Crippen molar-refractivity contribution in [1.82, 2.24) is 15.1 Å². The number of anilines is 1. The van der Waals surface area contributed by atoms with Gasteiger partial charge in [0.1, 0.15) is 12.1 Å². The summed E-state index contributed by atoms with van der Waals surface area (Å²) in [5.41, 5.74) is 0.519. The van der Waals surface area contributed by atoms with E-state index in [0.717, 1.165) is 12.8 Å². The van der Waals surface area contributed by atoms with Gasteiger partial charge in [0, 0.05) is 13.1 Å². The molecule has 0 bridgehead atoms. The molecule has 132 valence electrons. The van der Waals surface area contributed by atoms with Gasteiger partial charge in [-0.15, -0.1) is 0 Å². The highest BCUT2D eigenvalue weighted by atomic mass is 35.5. The van der Waals surface area contributed by atoms with Gasteiger partial charge < -0.3 is 20.4 Å². The molecule has 1 aromatic carbocycles. The molecule has 0 aromatic heterocycles. The third-order valence-corrected chi connectivity index (χ3v) is 5.48. The molecular formula is C17H19ClN4O3. The van der Waals surface area contributed by atoms with Gasteiger partial charge in [0.15, 0.2) is 0 Å². The number of hydrogen-bond donors (Lipinski definition) is 2. The third kappa shape index (κ3) is 2.82. The number of rotatable bonds is 2. The number of fused-ring (bicyclic) bond motifs is 2. The second-order valence-electron chi connectivity index (χ2n) is 6.71. The number of carbonyl (C=O) groups is 3. The fraction of sp³-hybridized carbons (Fsp3) is 0.471. The van der Waals surface area contributed by atoms with Crippen LogP contribution in [0.25, 0.3) is 0 Å². The molecule has 0 unspecified atom stereocenters. The molecule has 3 aliphatic rings. The molecule has 3 atom stereocenters. The van der Waals surface area contributed by atoms with Gasteiger partial charge in [0.05, 0.1) is 16.8 Å². The van der Waals surface area contributed by atoms with Crippen LogP contribution in [0.5, 0.6) is 0 Å². The molecule has 3 fully saturated rings. The zero-order valence-electron chi connectivity index (χ0n) is 13.6. The van der Waals surface area contributed by atoms with Gasteiger partial charge in [-0.1, -0.05) is 23.7 Å². The van der Waals surface area contributed by atoms with Crippen LogP contribution in [-0.2, 0) is 9.59 Å². The summed E-state index contributed by atoms with van der Waals surface area (Å²) in [5.74, 6) is 0.0239. The van der Waals surface area contributed by atoms with Crippen LogP contribution in [0, 0.1) is 0 Å². The molecule has 3 heterocycles. The summed E-state index contributed by atoms with van der Waals surface area (Å²) < 4.78 is 0. The molecule has 2 N–H and O–H groups in total. The van der Waals surface area contributed by atoms with Crippen molar-refractivity contribution in [2.45, 2.75) is 37.4 Å². The van der Waals surface area contributed by atoms with Crippen molar-refractivity contribution in [2.75, 3.05) is 18.4 Å². The average molecular weight is 363 g/mol. The first-order valence-corrected chi connectivity index (χ1v) is 8.85. The average Bonchev–Trinajstić information content (AvgIpc) is 3.22. The van der Waals surface area contributed by atoms with E-state index in [1.54, 1.807) is 34.1 Å². The van der Waals surface area contributed by atoms with Crippen LogP contribution < -0.4 is 10.6 Å². The lowest BCUT2D eigenvalue weighted by Crippen LogP contribution is -2.60. The highest BCUT2D eigenvalue weighted by Crippen LogP contribution is 2.32. The summed E-state index contributed by atoms with van der Waals surface area (Å²) in [6, 6.07) is 5.57. The van der Waals surface area contributed by atoms with E-state index in [1.165, 1.54) is 0 Å². The zero-order valence-corrected chi connectivity index (χ0v) is 14.3. The number of benzene rings is 1. The number of amides is 4. The Morgan fingerprint density at radius 3 is 2.68 bits per heavy atom. The number of piperazine rings is 1. The van der Waals surface area contributed by atoms with E-state index >= 15 is 0 Å². The normalized spacial score (nSPS) is 28.0. The van der Waals surface area contributed by atoms with Crippen molar-refractivity contribution in [1.29, 1.82) is 0 Å². The minimum absolute atomic E-state index is 0.0120. The van der Waals surface area contributed by atoms with Crippen molar-refractivity contribution in [2.24, 2.45) is 0 Å². The van der Waals surface area contributed by atoms with Crippen molar-refractivity contribution in [3.8, 4) is 0 Å². The van der Waals surface area contributed by atoms with Gasteiger partial charge in [0.25, 0.3) is 0 Å². The van der Waals surface area contributed by atoms with E-state index in [1.807, 2.05) is 0 Å². The monoisotopic (exact) mass is 362 g/mol. The smallest absolute Gasteiger partial charge is 0.319 e. The standard InChI is InChI=1S/C17H19ClN4O3/c18-11-4-1-2-5-12(11)20-17(25)19-10-8-14-16(24)21-7-3-6-13(21)15(23)22(14)9-10/h1-2,4-5,10,13-14H,3,6-9H2,(H2,19,20,25)/t10-,13-,14-/m0/s1. The molecular weight excluding hydrogens is 344 g/mol. The van der Waals surface area contributed by atoms with Crippen LogP contribution in [0.4, 0.5) is 10.5 Å². The van der Waals surface area contributed by atoms with Gasteiger partial charge in [-0.3, -0.25) is 9.59 Å². The maximum absolute atomic E-state index is 12.6. The molecule has 0 radical (unpaired) electrons. The Morgan fingerprint density at radius 2 is 1.88 bits per heavy atom. The summed E-state index contributed by atoms with van der Waals surface area (Å²) in [7, 11) is 0. The highest BCUT2D eigenvalue weighted by molar-refractivity contribution is 6.33. The molecule has 7 nitrogen and oxygen atoms in total. The molecule has 3 saturated heterocycles. The van der Waals surface area contributed by atoms with Crippen LogP contribution in [0.2, 0.25) is 5.02 Å². The van der Waals surface area contributed by atoms with E-state index in [0.29, 0.717) is 30.2 Å². The van der Waals surface area contributed by atoms with E-state index < -0.39 is 12.1 Å². The minimum Gasteiger partial charge on any atom is -0.333 e. The summed E-state index contributed by atoms with van der Waals surface area (Å²) in [6.07, 6.45) is 2.06. The van der Waals surface area contributed by atoms with Crippen molar-refractivity contribution in [3.05, 3.63) is 29.3 Å². The predicted octanol–water partition coefficient (Wildman–Crippen LogP) is 1.44. The fourth-order valence-corrected chi connectivity index (χ4v) is 4.18. The highest BCUT2D eigenvalue weighted by Gasteiger charge is 2.51. The van der Waals surface area contributed by atoms with Crippen LogP contribution >= 0.6 is 11.6 Å². The third-order valence-electron chi connectivity index (χ3n) is 5.15. The van der Waals surface area contributed by atoms with Gasteiger partial charge in [0.2, 0.25) is 11.8 Å². The lowest BCUT2D eigenvalue weighted by molar-refractivity contribution is -0.156. The zero-order chi connectivity index (χ0) is 17.6. The topological polar surface area (TPSA) is 81.8 Å². The molecule has 3 aliphatic heterocycles. The number of nitrogens with one attached hydrogen (secondary N) is 2. The molecule has 0 spiro atoms. The van der Waals surface area contributed by atoms with Gasteiger partial charge in [-0.25, -0.2) is 4.79 Å². The molecule has 1 aromatic rings. The van der Waals surface area contributed by atoms with Crippen molar-refractivity contribution < 1.29 is 14.4 Å². The van der Waals surface area contributed by atoms with Crippen molar-refractivity contribution in [3.63, 3.8) is 0 Å².